The number of amides is 1. The number of halogens is 1. The highest BCUT2D eigenvalue weighted by Crippen LogP contribution is 2.23. The van der Waals surface area contributed by atoms with Crippen molar-refractivity contribution in [2.24, 2.45) is 4.99 Å². The average molecular weight is 330 g/mol. The lowest BCUT2D eigenvalue weighted by Crippen LogP contribution is -2.03. The van der Waals surface area contributed by atoms with Gasteiger partial charge in [-0.25, -0.2) is 0 Å². The summed E-state index contributed by atoms with van der Waals surface area (Å²) in [7, 11) is 0. The molecule has 1 heterocycles. The summed E-state index contributed by atoms with van der Waals surface area (Å²) in [6.45, 7) is 0. The van der Waals surface area contributed by atoms with E-state index in [-0.39, 0.29) is 11.7 Å². The average Bonchev–Trinajstić information content (AvgIpc) is 2.73. The first-order valence-electron chi connectivity index (χ1n) is 4.81. The maximum absolute atomic E-state index is 11.8. The van der Waals surface area contributed by atoms with E-state index in [9.17, 15) is 9.59 Å². The number of rotatable bonds is 3. The Hall–Kier alpha value is -0.590. The van der Waals surface area contributed by atoms with Gasteiger partial charge >= 0.3 is 0 Å². The summed E-state index contributed by atoms with van der Waals surface area (Å²) in [5, 5.41) is 0. The van der Waals surface area contributed by atoms with Gasteiger partial charge in [0.1, 0.15) is 4.38 Å². The lowest BCUT2D eigenvalue weighted by atomic mass is 10.2. The van der Waals surface area contributed by atoms with E-state index in [4.69, 9.17) is 0 Å². The fourth-order valence-corrected chi connectivity index (χ4v) is 3.23. The van der Waals surface area contributed by atoms with Crippen LogP contribution in [0.2, 0.25) is 0 Å². The van der Waals surface area contributed by atoms with Crippen LogP contribution in [0.5, 0.6) is 0 Å². The number of hydrogen-bond acceptors (Lipinski definition) is 4. The van der Waals surface area contributed by atoms with Crippen LogP contribution in [0.25, 0.3) is 0 Å². The van der Waals surface area contributed by atoms with Crippen LogP contribution >= 0.6 is 39.5 Å². The van der Waals surface area contributed by atoms with Gasteiger partial charge in [-0.15, -0.1) is 0 Å². The number of thioether (sulfide) groups is 2. The molecule has 0 fully saturated rings. The number of hydrogen-bond donors (Lipinski definition) is 0. The van der Waals surface area contributed by atoms with E-state index >= 15 is 0 Å². The molecule has 0 aromatic heterocycles. The summed E-state index contributed by atoms with van der Waals surface area (Å²) < 4.78 is 1.64. The number of Topliss-reactive ketones (excluding diaryl/α,β-unsaturated/α-hetero) is 1. The quantitative estimate of drug-likeness (QED) is 0.800. The Morgan fingerprint density at radius 1 is 1.41 bits per heavy atom. The van der Waals surface area contributed by atoms with Crippen LogP contribution in [-0.4, -0.2) is 27.6 Å². The predicted molar refractivity (Wildman–Crippen MR) is 75.8 cm³/mol. The van der Waals surface area contributed by atoms with Crippen LogP contribution in [0.3, 0.4) is 0 Å². The molecule has 0 saturated heterocycles. The molecule has 0 N–H and O–H groups in total. The summed E-state index contributed by atoms with van der Waals surface area (Å²) in [6.07, 6.45) is 0. The van der Waals surface area contributed by atoms with Crippen molar-refractivity contribution in [3.05, 3.63) is 34.3 Å². The molecule has 0 unspecified atom stereocenters. The highest BCUT2D eigenvalue weighted by Gasteiger charge is 2.16. The highest BCUT2D eigenvalue weighted by atomic mass is 79.9. The molecule has 1 aromatic carbocycles. The smallest absolute Gasteiger partial charge is 0.257 e. The topological polar surface area (TPSA) is 46.5 Å². The van der Waals surface area contributed by atoms with Crippen molar-refractivity contribution in [1.29, 1.82) is 0 Å². The maximum atomic E-state index is 11.8. The zero-order valence-electron chi connectivity index (χ0n) is 8.68. The van der Waals surface area contributed by atoms with Crippen molar-refractivity contribution in [3.63, 3.8) is 0 Å². The lowest BCUT2D eigenvalue weighted by molar-refractivity contribution is -0.115. The Morgan fingerprint density at radius 2 is 2.12 bits per heavy atom. The van der Waals surface area contributed by atoms with Crippen molar-refractivity contribution >= 4 is 55.5 Å². The Labute approximate surface area is 116 Å². The minimum atomic E-state index is -0.117. The summed E-state index contributed by atoms with van der Waals surface area (Å²) in [5.74, 6) is 0.647. The molecule has 88 valence electrons. The second-order valence-electron chi connectivity index (χ2n) is 3.28. The molecule has 1 aromatic rings. The molecule has 0 aliphatic carbocycles. The molecule has 1 aliphatic rings. The minimum Gasteiger partial charge on any atom is -0.293 e. The Balaban J connectivity index is 1.91. The van der Waals surface area contributed by atoms with E-state index in [0.29, 0.717) is 21.4 Å². The number of nitrogens with zero attached hydrogens (tertiary/aromatic N) is 1. The largest absolute Gasteiger partial charge is 0.293 e. The van der Waals surface area contributed by atoms with Crippen LogP contribution in [0.4, 0.5) is 0 Å². The minimum absolute atomic E-state index is 0.0464. The maximum Gasteiger partial charge on any atom is 0.257 e. The van der Waals surface area contributed by atoms with Gasteiger partial charge < -0.3 is 0 Å². The van der Waals surface area contributed by atoms with Gasteiger partial charge in [0.15, 0.2) is 5.78 Å². The van der Waals surface area contributed by atoms with Gasteiger partial charge in [0.2, 0.25) is 0 Å². The molecular formula is C11H8BrNO2S2. The number of carbonyl (C=O) groups is 2. The van der Waals surface area contributed by atoms with Gasteiger partial charge in [-0.1, -0.05) is 51.6 Å². The standard InChI is InChI=1S/C11H8BrNO2S2/c12-8-3-1-7(2-4-8)9(14)5-16-11-13-10(15)6-17-11/h1-4H,5-6H2. The summed E-state index contributed by atoms with van der Waals surface area (Å²) in [6, 6.07) is 7.23. The third-order valence-corrected chi connectivity index (χ3v) is 4.74. The number of carbonyl (C=O) groups excluding carboxylic acids is 2. The third-order valence-electron chi connectivity index (χ3n) is 2.03. The predicted octanol–water partition coefficient (Wildman–Crippen LogP) is 2.99. The van der Waals surface area contributed by atoms with Crippen molar-refractivity contribution in [2.45, 2.75) is 0 Å². The van der Waals surface area contributed by atoms with Crippen LogP contribution in [-0.2, 0) is 4.79 Å². The number of ketones is 1. The second-order valence-corrected chi connectivity index (χ2v) is 6.38. The third kappa shape index (κ3) is 3.69. The van der Waals surface area contributed by atoms with Crippen LogP contribution < -0.4 is 0 Å². The van der Waals surface area contributed by atoms with Crippen molar-refractivity contribution < 1.29 is 9.59 Å². The van der Waals surface area contributed by atoms with Gasteiger partial charge in [-0.05, 0) is 12.1 Å². The lowest BCUT2D eigenvalue weighted by Gasteiger charge is -2.00. The molecule has 0 atom stereocenters. The van der Waals surface area contributed by atoms with Crippen LogP contribution in [0.1, 0.15) is 10.4 Å². The first-order valence-corrected chi connectivity index (χ1v) is 7.57. The zero-order chi connectivity index (χ0) is 12.3. The van der Waals surface area contributed by atoms with Crippen LogP contribution in [0, 0.1) is 0 Å². The molecule has 0 saturated carbocycles. The first-order chi connectivity index (χ1) is 8.15. The molecule has 1 amide bonds. The highest BCUT2D eigenvalue weighted by molar-refractivity contribution is 9.10. The molecule has 0 radical (unpaired) electrons. The van der Waals surface area contributed by atoms with Gasteiger partial charge in [-0.2, -0.15) is 4.99 Å². The van der Waals surface area contributed by atoms with Crippen molar-refractivity contribution in [3.8, 4) is 0 Å². The Kier molecular flexibility index (Phi) is 4.42. The van der Waals surface area contributed by atoms with Gasteiger partial charge in [0.25, 0.3) is 5.91 Å². The SMILES string of the molecule is O=C1CSC(SCC(=O)c2ccc(Br)cc2)=N1. The Morgan fingerprint density at radius 3 is 2.71 bits per heavy atom. The van der Waals surface area contributed by atoms with Crippen molar-refractivity contribution in [2.75, 3.05) is 11.5 Å². The molecular weight excluding hydrogens is 322 g/mol. The molecule has 0 spiro atoms. The molecule has 17 heavy (non-hydrogen) atoms. The molecule has 1 aliphatic heterocycles. The fraction of sp³-hybridized carbons (Fsp3) is 0.182. The summed E-state index contributed by atoms with van der Waals surface area (Å²) >= 11 is 6.04. The second kappa shape index (κ2) is 5.84. The van der Waals surface area contributed by atoms with E-state index < -0.39 is 0 Å². The van der Waals surface area contributed by atoms with E-state index in [2.05, 4.69) is 20.9 Å². The van der Waals surface area contributed by atoms with E-state index in [1.54, 1.807) is 12.1 Å². The summed E-state index contributed by atoms with van der Waals surface area (Å²) in [5.41, 5.74) is 0.677. The van der Waals surface area contributed by atoms with Crippen molar-refractivity contribution in [1.82, 2.24) is 0 Å². The molecule has 3 nitrogen and oxygen atoms in total. The van der Waals surface area contributed by atoms with E-state index in [1.807, 2.05) is 12.1 Å². The fourth-order valence-electron chi connectivity index (χ4n) is 1.21. The number of benzene rings is 1. The van der Waals surface area contributed by atoms with Gasteiger partial charge in [-0.3, -0.25) is 9.59 Å². The molecule has 6 heteroatoms. The van der Waals surface area contributed by atoms with E-state index in [1.165, 1.54) is 23.5 Å². The first kappa shape index (κ1) is 12.9. The summed E-state index contributed by atoms with van der Waals surface area (Å²) in [4.78, 5) is 26.5. The number of aliphatic imine (C=N–C) groups is 1. The monoisotopic (exact) mass is 329 g/mol. The molecule has 2 rings (SSSR count). The zero-order valence-corrected chi connectivity index (χ0v) is 11.9. The van der Waals surface area contributed by atoms with E-state index in [0.717, 1.165) is 4.47 Å². The Bertz CT molecular complexity index is 485. The van der Waals surface area contributed by atoms with Gasteiger partial charge in [0.05, 0.1) is 11.5 Å². The normalized spacial score (nSPS) is 14.9. The molecule has 0 bridgehead atoms. The van der Waals surface area contributed by atoms with Gasteiger partial charge in [0, 0.05) is 10.0 Å². The van der Waals surface area contributed by atoms with Crippen LogP contribution in [0.15, 0.2) is 33.7 Å².